The van der Waals surface area contributed by atoms with Gasteiger partial charge in [0.1, 0.15) is 5.82 Å². The van der Waals surface area contributed by atoms with E-state index in [-0.39, 0.29) is 11.7 Å². The molecular formula is C21H23FN4O. The van der Waals surface area contributed by atoms with Gasteiger partial charge in [0, 0.05) is 42.4 Å². The van der Waals surface area contributed by atoms with Crippen LogP contribution in [-0.2, 0) is 0 Å². The quantitative estimate of drug-likeness (QED) is 0.691. The highest BCUT2D eigenvalue weighted by Crippen LogP contribution is 2.27. The summed E-state index contributed by atoms with van der Waals surface area (Å²) in [5, 5.41) is 10.7. The van der Waals surface area contributed by atoms with Crippen molar-refractivity contribution in [1.29, 1.82) is 0 Å². The Hall–Kier alpha value is -2.86. The maximum Gasteiger partial charge on any atom is 0.198 e. The van der Waals surface area contributed by atoms with E-state index >= 15 is 0 Å². The molecule has 2 aromatic carbocycles. The molecule has 0 aliphatic carbocycles. The summed E-state index contributed by atoms with van der Waals surface area (Å²) in [5.41, 5.74) is 3.15. The van der Waals surface area contributed by atoms with Crippen molar-refractivity contribution in [3.8, 4) is 5.88 Å². The third-order valence-corrected chi connectivity index (χ3v) is 5.06. The largest absolute Gasteiger partial charge is 0.494 e. The van der Waals surface area contributed by atoms with Crippen LogP contribution in [-0.4, -0.2) is 54.4 Å². The molecule has 0 radical (unpaired) electrons. The molecular weight excluding hydrogens is 343 g/mol. The summed E-state index contributed by atoms with van der Waals surface area (Å²) in [5.74, 6) is -0.353. The van der Waals surface area contributed by atoms with Crippen molar-refractivity contribution in [3.63, 3.8) is 0 Å². The first kappa shape index (κ1) is 17.5. The molecule has 0 saturated carbocycles. The predicted octanol–water partition coefficient (Wildman–Crippen LogP) is 3.91. The van der Waals surface area contributed by atoms with Gasteiger partial charge in [-0.3, -0.25) is 4.99 Å². The van der Waals surface area contributed by atoms with E-state index in [1.165, 1.54) is 17.8 Å². The summed E-state index contributed by atoms with van der Waals surface area (Å²) in [6, 6.07) is 12.4. The minimum absolute atomic E-state index is 0.00958. The van der Waals surface area contributed by atoms with Crippen LogP contribution in [0.2, 0.25) is 0 Å². The maximum absolute atomic E-state index is 13.5. The zero-order valence-electron chi connectivity index (χ0n) is 15.3. The highest BCUT2D eigenvalue weighted by atomic mass is 19.1. The second-order valence-electron chi connectivity index (χ2n) is 7.00. The molecule has 3 aromatic rings. The molecule has 2 N–H and O–H groups in total. The zero-order valence-corrected chi connectivity index (χ0v) is 15.3. The lowest BCUT2D eigenvalue weighted by Gasteiger charge is -2.22. The lowest BCUT2D eigenvalue weighted by atomic mass is 10.2. The second-order valence-corrected chi connectivity index (χ2v) is 7.00. The monoisotopic (exact) mass is 366 g/mol. The number of aromatic nitrogens is 1. The minimum Gasteiger partial charge on any atom is -0.494 e. The third kappa shape index (κ3) is 3.80. The van der Waals surface area contributed by atoms with Gasteiger partial charge in [0.25, 0.3) is 0 Å². The Morgan fingerprint density at radius 1 is 1.07 bits per heavy atom. The van der Waals surface area contributed by atoms with Gasteiger partial charge in [-0.2, -0.15) is 0 Å². The highest BCUT2D eigenvalue weighted by molar-refractivity contribution is 6.02. The van der Waals surface area contributed by atoms with Crippen molar-refractivity contribution < 1.29 is 9.50 Å². The lowest BCUT2D eigenvalue weighted by Crippen LogP contribution is -2.28. The average Bonchev–Trinajstić information content (AvgIpc) is 2.82. The van der Waals surface area contributed by atoms with Gasteiger partial charge in [-0.25, -0.2) is 4.39 Å². The standard InChI is InChI=1S/C21H23FN4O/c1-25-9-2-10-26(12-11-25)17-6-4-16(5-7-17)23-14-19-18-13-15(22)3-8-20(18)24-21(19)27/h3-8,13-14,24,27H,2,9-12H2,1H3. The number of likely N-dealkylation sites (N-methyl/N-ethyl adjacent to an activating group) is 1. The Labute approximate surface area is 157 Å². The molecule has 1 aromatic heterocycles. The van der Waals surface area contributed by atoms with Crippen molar-refractivity contribution in [2.75, 3.05) is 38.1 Å². The van der Waals surface area contributed by atoms with Gasteiger partial charge in [0.2, 0.25) is 0 Å². The van der Waals surface area contributed by atoms with Crippen LogP contribution in [0.5, 0.6) is 5.88 Å². The predicted molar refractivity (Wildman–Crippen MR) is 108 cm³/mol. The number of benzene rings is 2. The summed E-state index contributed by atoms with van der Waals surface area (Å²) in [4.78, 5) is 12.0. The van der Waals surface area contributed by atoms with E-state index < -0.39 is 0 Å². The number of aliphatic imine (C=N–C) groups is 1. The first-order valence-corrected chi connectivity index (χ1v) is 9.18. The summed E-state index contributed by atoms with van der Waals surface area (Å²) in [6.45, 7) is 4.28. The molecule has 0 bridgehead atoms. The molecule has 5 nitrogen and oxygen atoms in total. The summed E-state index contributed by atoms with van der Waals surface area (Å²) in [7, 11) is 2.16. The first-order chi connectivity index (χ1) is 13.1. The Morgan fingerprint density at radius 3 is 2.70 bits per heavy atom. The van der Waals surface area contributed by atoms with Gasteiger partial charge in [-0.05, 0) is 62.5 Å². The molecule has 0 atom stereocenters. The topological polar surface area (TPSA) is 54.9 Å². The van der Waals surface area contributed by atoms with Crippen LogP contribution in [0.15, 0.2) is 47.5 Å². The Bertz CT molecular complexity index is 964. The van der Waals surface area contributed by atoms with Gasteiger partial charge in [-0.1, -0.05) is 0 Å². The zero-order chi connectivity index (χ0) is 18.8. The van der Waals surface area contributed by atoms with Gasteiger partial charge in [-0.15, -0.1) is 0 Å². The molecule has 0 unspecified atom stereocenters. The number of hydrogen-bond donors (Lipinski definition) is 2. The molecule has 0 amide bonds. The van der Waals surface area contributed by atoms with Crippen LogP contribution >= 0.6 is 0 Å². The molecule has 140 valence electrons. The SMILES string of the molecule is CN1CCCN(c2ccc(N=Cc3c(O)[nH]c4ccc(F)cc34)cc2)CC1. The normalized spacial score (nSPS) is 16.3. The number of rotatable bonds is 3. The fourth-order valence-electron chi connectivity index (χ4n) is 3.49. The van der Waals surface area contributed by atoms with Gasteiger partial charge >= 0.3 is 0 Å². The fraction of sp³-hybridized carbons (Fsp3) is 0.286. The molecule has 0 spiro atoms. The van der Waals surface area contributed by atoms with Gasteiger partial charge in [0.15, 0.2) is 5.88 Å². The Balaban J connectivity index is 1.53. The number of halogens is 1. The number of aromatic hydroxyl groups is 1. The highest BCUT2D eigenvalue weighted by Gasteiger charge is 2.13. The van der Waals surface area contributed by atoms with Crippen molar-refractivity contribution in [2.45, 2.75) is 6.42 Å². The minimum atomic E-state index is -0.344. The lowest BCUT2D eigenvalue weighted by molar-refractivity contribution is 0.360. The smallest absolute Gasteiger partial charge is 0.198 e. The van der Waals surface area contributed by atoms with E-state index in [0.717, 1.165) is 38.3 Å². The molecule has 1 saturated heterocycles. The Morgan fingerprint density at radius 2 is 1.89 bits per heavy atom. The molecule has 1 fully saturated rings. The molecule has 2 heterocycles. The number of fused-ring (bicyclic) bond motifs is 1. The maximum atomic E-state index is 13.5. The van der Waals surface area contributed by atoms with Crippen LogP contribution in [0, 0.1) is 5.82 Å². The number of hydrogen-bond acceptors (Lipinski definition) is 4. The third-order valence-electron chi connectivity index (χ3n) is 5.06. The van der Waals surface area contributed by atoms with E-state index in [4.69, 9.17) is 0 Å². The van der Waals surface area contributed by atoms with E-state index in [1.54, 1.807) is 12.3 Å². The van der Waals surface area contributed by atoms with Crippen LogP contribution in [0.25, 0.3) is 10.9 Å². The van der Waals surface area contributed by atoms with E-state index in [9.17, 15) is 9.50 Å². The molecule has 27 heavy (non-hydrogen) atoms. The second kappa shape index (κ2) is 7.40. The summed E-state index contributed by atoms with van der Waals surface area (Å²) < 4.78 is 13.5. The molecule has 1 aliphatic heterocycles. The molecule has 4 rings (SSSR count). The van der Waals surface area contributed by atoms with Crippen molar-refractivity contribution in [3.05, 3.63) is 53.8 Å². The summed E-state index contributed by atoms with van der Waals surface area (Å²) >= 11 is 0. The first-order valence-electron chi connectivity index (χ1n) is 9.18. The van der Waals surface area contributed by atoms with Crippen molar-refractivity contribution in [2.24, 2.45) is 4.99 Å². The number of nitrogens with zero attached hydrogens (tertiary/aromatic N) is 3. The number of aromatic amines is 1. The van der Waals surface area contributed by atoms with Crippen LogP contribution in [0.4, 0.5) is 15.8 Å². The number of nitrogens with one attached hydrogen (secondary N) is 1. The van der Waals surface area contributed by atoms with Gasteiger partial charge in [0.05, 0.1) is 11.3 Å². The van der Waals surface area contributed by atoms with Crippen molar-refractivity contribution >= 4 is 28.5 Å². The van der Waals surface area contributed by atoms with Crippen LogP contribution in [0.3, 0.4) is 0 Å². The number of H-pyrrole nitrogens is 1. The Kier molecular flexibility index (Phi) is 4.81. The molecule has 1 aliphatic rings. The van der Waals surface area contributed by atoms with Crippen molar-refractivity contribution in [1.82, 2.24) is 9.88 Å². The number of anilines is 1. The molecule has 6 heteroatoms. The van der Waals surface area contributed by atoms with Crippen LogP contribution < -0.4 is 4.90 Å². The van der Waals surface area contributed by atoms with Crippen LogP contribution in [0.1, 0.15) is 12.0 Å². The average molecular weight is 366 g/mol. The van der Waals surface area contributed by atoms with Gasteiger partial charge < -0.3 is 19.9 Å². The fourth-order valence-corrected chi connectivity index (χ4v) is 3.49. The van der Waals surface area contributed by atoms with E-state index in [1.807, 2.05) is 12.1 Å². The summed E-state index contributed by atoms with van der Waals surface area (Å²) in [6.07, 6.45) is 2.73. The van der Waals surface area contributed by atoms with E-state index in [0.29, 0.717) is 16.5 Å². The van der Waals surface area contributed by atoms with E-state index in [2.05, 4.69) is 39.0 Å².